The molecule has 3 amide bonds. The maximum Gasteiger partial charge on any atom is 0.308 e. The molecule has 3 atom stereocenters. The maximum atomic E-state index is 13.9. The molecule has 13 heteroatoms. The Morgan fingerprint density at radius 1 is 1.02 bits per heavy atom. The number of nitro groups is 1. The quantitative estimate of drug-likeness (QED) is 0.168. The van der Waals surface area contributed by atoms with Gasteiger partial charge in [0.2, 0.25) is 17.7 Å². The number of imide groups is 1. The van der Waals surface area contributed by atoms with Crippen LogP contribution < -0.4 is 15.1 Å². The molecule has 6 rings (SSSR count). The summed E-state index contributed by atoms with van der Waals surface area (Å²) in [7, 11) is 0. The summed E-state index contributed by atoms with van der Waals surface area (Å²) in [5.74, 6) is -2.78. The summed E-state index contributed by atoms with van der Waals surface area (Å²) in [4.78, 5) is 66.0. The summed E-state index contributed by atoms with van der Waals surface area (Å²) in [6.45, 7) is 1.65. The largest absolute Gasteiger partial charge is 0.325 e. The van der Waals surface area contributed by atoms with Crippen molar-refractivity contribution in [3.8, 4) is 0 Å². The first-order chi connectivity index (χ1) is 20.1. The second-order valence-corrected chi connectivity index (χ2v) is 13.0. The molecule has 212 valence electrons. The Labute approximate surface area is 255 Å². The molecule has 10 nitrogen and oxygen atoms in total. The number of aryl methyl sites for hydroxylation is 1. The van der Waals surface area contributed by atoms with Gasteiger partial charge in [-0.25, -0.2) is 4.90 Å². The first kappa shape index (κ1) is 28.1. The lowest BCUT2D eigenvalue weighted by atomic mass is 9.83. The van der Waals surface area contributed by atoms with E-state index < -0.39 is 39.7 Å². The third-order valence-electron chi connectivity index (χ3n) is 7.18. The minimum atomic E-state index is -0.871. The van der Waals surface area contributed by atoms with Gasteiger partial charge in [-0.3, -0.25) is 33.9 Å². The van der Waals surface area contributed by atoms with Crippen LogP contribution in [0.25, 0.3) is 0 Å². The number of fused-ring (bicyclic) bond motifs is 2. The van der Waals surface area contributed by atoms with E-state index in [1.165, 1.54) is 28.8 Å². The van der Waals surface area contributed by atoms with Crippen LogP contribution in [0.5, 0.6) is 0 Å². The molecule has 0 spiro atoms. The van der Waals surface area contributed by atoms with Crippen LogP contribution in [0.1, 0.15) is 21.9 Å². The molecule has 42 heavy (non-hydrogen) atoms. The summed E-state index contributed by atoms with van der Waals surface area (Å²) in [6, 6.07) is 19.9. The van der Waals surface area contributed by atoms with Crippen molar-refractivity contribution in [1.29, 1.82) is 0 Å². The summed E-state index contributed by atoms with van der Waals surface area (Å²) in [5.41, 5.74) is 2.39. The van der Waals surface area contributed by atoms with Gasteiger partial charge in [0.25, 0.3) is 5.69 Å². The van der Waals surface area contributed by atoms with Crippen LogP contribution in [-0.2, 0) is 20.9 Å². The number of aromatic nitrogens is 1. The summed E-state index contributed by atoms with van der Waals surface area (Å²) >= 11 is 5.56. The molecule has 4 aromatic rings. The van der Waals surface area contributed by atoms with E-state index in [-0.39, 0.29) is 22.8 Å². The smallest absolute Gasteiger partial charge is 0.308 e. The minimum Gasteiger partial charge on any atom is -0.325 e. The van der Waals surface area contributed by atoms with Crippen molar-refractivity contribution in [3.63, 3.8) is 0 Å². The van der Waals surface area contributed by atoms with E-state index in [4.69, 9.17) is 0 Å². The molecule has 2 aliphatic heterocycles. The van der Waals surface area contributed by atoms with E-state index in [1.54, 1.807) is 6.07 Å². The lowest BCUT2D eigenvalue weighted by molar-refractivity contribution is -0.384. The van der Waals surface area contributed by atoms with E-state index in [2.05, 4.69) is 21.2 Å². The fraction of sp³-hybridized carbons (Fsp3) is 0.172. The van der Waals surface area contributed by atoms with Gasteiger partial charge in [-0.2, -0.15) is 0 Å². The van der Waals surface area contributed by atoms with Gasteiger partial charge in [-0.15, -0.1) is 0 Å². The van der Waals surface area contributed by atoms with Gasteiger partial charge in [-0.05, 0) is 54.4 Å². The van der Waals surface area contributed by atoms with E-state index in [1.807, 2.05) is 49.4 Å². The number of benzene rings is 3. The molecule has 3 aromatic carbocycles. The van der Waals surface area contributed by atoms with E-state index in [0.29, 0.717) is 15.6 Å². The molecule has 3 heterocycles. The Morgan fingerprint density at radius 3 is 2.45 bits per heavy atom. The van der Waals surface area contributed by atoms with Gasteiger partial charge in [0.1, 0.15) is 11.8 Å². The van der Waals surface area contributed by atoms with Crippen molar-refractivity contribution >= 4 is 73.8 Å². The van der Waals surface area contributed by atoms with Crippen LogP contribution in [0.15, 0.2) is 87.1 Å². The third kappa shape index (κ3) is 4.97. The van der Waals surface area contributed by atoms with E-state index in [9.17, 15) is 29.3 Å². The highest BCUT2D eigenvalue weighted by atomic mass is 79.9. The van der Waals surface area contributed by atoms with Crippen LogP contribution in [0.2, 0.25) is 0 Å². The summed E-state index contributed by atoms with van der Waals surface area (Å²) in [5, 5.41) is 13.6. The van der Waals surface area contributed by atoms with Gasteiger partial charge in [0, 0.05) is 33.1 Å². The van der Waals surface area contributed by atoms with Crippen molar-refractivity contribution in [1.82, 2.24) is 4.57 Å². The Hall–Kier alpha value is -4.07. The normalized spacial score (nSPS) is 19.4. The molecule has 1 saturated heterocycles. The fourth-order valence-electron chi connectivity index (χ4n) is 5.36. The van der Waals surface area contributed by atoms with E-state index >= 15 is 0 Å². The van der Waals surface area contributed by atoms with Crippen molar-refractivity contribution in [2.45, 2.75) is 29.7 Å². The molecule has 2 unspecified atom stereocenters. The molecule has 1 aromatic heterocycles. The Balaban J connectivity index is 1.40. The Bertz CT molecular complexity index is 1840. The zero-order valence-electron chi connectivity index (χ0n) is 21.9. The van der Waals surface area contributed by atoms with Gasteiger partial charge in [-0.1, -0.05) is 63.3 Å². The van der Waals surface area contributed by atoms with Crippen LogP contribution in [-0.4, -0.2) is 32.5 Å². The Kier molecular flexibility index (Phi) is 7.33. The second kappa shape index (κ2) is 11.0. The van der Waals surface area contributed by atoms with E-state index in [0.717, 1.165) is 43.6 Å². The van der Waals surface area contributed by atoms with Crippen molar-refractivity contribution in [3.05, 3.63) is 113 Å². The first-order valence-electron chi connectivity index (χ1n) is 12.8. The predicted octanol–water partition coefficient (Wildman–Crippen LogP) is 5.32. The third-order valence-corrected chi connectivity index (χ3v) is 10.3. The van der Waals surface area contributed by atoms with Crippen LogP contribution in [0.4, 0.5) is 17.1 Å². The number of nitrogens with zero attached hydrogens (tertiary/aromatic N) is 3. The highest BCUT2D eigenvalue weighted by Gasteiger charge is 2.56. The standard InChI is InChI=1S/C29H21BrN4O6S2/c1-15-4-2-7-18(12-15)31-21(35)14-32-28-25(42-29(32)38)22(16-5-3-6-17(30)13-16)23-24(41-28)27(37)33(26(23)36)19-8-10-20(11-9-19)34(39)40/h2-13,22-24H,14H2,1H3,(H,31,35)/t22-,23?,24?/m1/s1. The number of hydrogen-bond acceptors (Lipinski definition) is 8. The number of thioether (sulfide) groups is 1. The number of hydrogen-bond donors (Lipinski definition) is 1. The van der Waals surface area contributed by atoms with Crippen LogP contribution in [0.3, 0.4) is 0 Å². The number of carbonyl (C=O) groups is 3. The molecular weight excluding hydrogens is 644 g/mol. The molecular formula is C29H21BrN4O6S2. The molecule has 0 saturated carbocycles. The fourth-order valence-corrected chi connectivity index (χ4v) is 8.55. The Morgan fingerprint density at radius 2 is 1.76 bits per heavy atom. The molecule has 1 N–H and O–H groups in total. The highest BCUT2D eigenvalue weighted by molar-refractivity contribution is 9.10. The van der Waals surface area contributed by atoms with Gasteiger partial charge < -0.3 is 5.32 Å². The number of halogens is 1. The number of nitro benzene ring substituents is 1. The number of carbonyl (C=O) groups excluding carboxylic acids is 3. The molecule has 0 aliphatic carbocycles. The minimum absolute atomic E-state index is 0.160. The summed E-state index contributed by atoms with van der Waals surface area (Å²) < 4.78 is 2.13. The number of nitrogens with one attached hydrogen (secondary N) is 1. The number of anilines is 2. The predicted molar refractivity (Wildman–Crippen MR) is 163 cm³/mol. The number of thiazole rings is 1. The van der Waals surface area contributed by atoms with Crippen molar-refractivity contribution < 1.29 is 19.3 Å². The molecule has 0 bridgehead atoms. The molecule has 1 fully saturated rings. The van der Waals surface area contributed by atoms with Gasteiger partial charge >= 0.3 is 4.87 Å². The van der Waals surface area contributed by atoms with Crippen molar-refractivity contribution in [2.75, 3.05) is 10.2 Å². The number of non-ortho nitro benzene ring substituents is 1. The zero-order valence-corrected chi connectivity index (χ0v) is 25.1. The highest BCUT2D eigenvalue weighted by Crippen LogP contribution is 2.54. The van der Waals surface area contributed by atoms with Crippen LogP contribution in [0, 0.1) is 23.0 Å². The maximum absolute atomic E-state index is 13.9. The zero-order chi connectivity index (χ0) is 29.7. The summed E-state index contributed by atoms with van der Waals surface area (Å²) in [6.07, 6.45) is 0. The van der Waals surface area contributed by atoms with Gasteiger partial charge in [0.15, 0.2) is 0 Å². The van der Waals surface area contributed by atoms with Crippen molar-refractivity contribution in [2.24, 2.45) is 5.92 Å². The number of amides is 3. The second-order valence-electron chi connectivity index (χ2n) is 9.92. The lowest BCUT2D eigenvalue weighted by Crippen LogP contribution is -2.33. The SMILES string of the molecule is Cc1cccc(NC(=O)Cn2c3c(sc2=O)[C@H](c2cccc(Br)c2)C2C(=O)N(c4ccc([N+](=O)[O-])cc4)C(=O)C2S3)c1. The topological polar surface area (TPSA) is 132 Å². The first-order valence-corrected chi connectivity index (χ1v) is 15.3. The number of rotatable bonds is 6. The van der Waals surface area contributed by atoms with Gasteiger partial charge in [0.05, 0.1) is 21.6 Å². The average molecular weight is 666 g/mol. The lowest BCUT2D eigenvalue weighted by Gasteiger charge is -2.30. The molecule has 0 radical (unpaired) electrons. The monoisotopic (exact) mass is 664 g/mol. The molecule has 2 aliphatic rings. The van der Waals surface area contributed by atoms with Crippen LogP contribution >= 0.6 is 39.0 Å². The average Bonchev–Trinajstić information content (AvgIpc) is 3.39.